The van der Waals surface area contributed by atoms with Crippen molar-refractivity contribution >= 4 is 17.1 Å². The Bertz CT molecular complexity index is 3860. The molecular weight excluding hydrogens is 891 g/mol. The third-order valence-corrected chi connectivity index (χ3v) is 15.0. The van der Waals surface area contributed by atoms with E-state index in [-0.39, 0.29) is 0 Å². The van der Waals surface area contributed by atoms with E-state index >= 15 is 0 Å². The van der Waals surface area contributed by atoms with Gasteiger partial charge in [0.25, 0.3) is 0 Å². The Morgan fingerprint density at radius 2 is 0.581 bits per heavy atom. The third kappa shape index (κ3) is 7.84. The Labute approximate surface area is 434 Å². The molecule has 348 valence electrons. The van der Waals surface area contributed by atoms with Gasteiger partial charge in [-0.3, -0.25) is 0 Å². The van der Waals surface area contributed by atoms with Crippen LogP contribution in [0.2, 0.25) is 0 Å². The predicted octanol–water partition coefficient (Wildman–Crippen LogP) is 19.5. The molecule has 0 saturated carbocycles. The minimum absolute atomic E-state index is 0.549. The second-order valence-corrected chi connectivity index (χ2v) is 19.1. The molecule has 0 heterocycles. The van der Waals surface area contributed by atoms with Crippen molar-refractivity contribution in [1.82, 2.24) is 0 Å². The minimum Gasteiger partial charge on any atom is -0.310 e. The van der Waals surface area contributed by atoms with Crippen molar-refractivity contribution in [2.75, 3.05) is 4.90 Å². The average molecular weight is 942 g/mol. The maximum absolute atomic E-state index is 2.47. The molecule has 0 fully saturated rings. The maximum atomic E-state index is 2.47. The number of rotatable bonds is 11. The van der Waals surface area contributed by atoms with Crippen LogP contribution < -0.4 is 4.90 Å². The summed E-state index contributed by atoms with van der Waals surface area (Å²) >= 11 is 0. The summed E-state index contributed by atoms with van der Waals surface area (Å²) in [6.07, 6.45) is 0. The van der Waals surface area contributed by atoms with Gasteiger partial charge >= 0.3 is 0 Å². The number of anilines is 3. The summed E-state index contributed by atoms with van der Waals surface area (Å²) in [7, 11) is 0. The van der Waals surface area contributed by atoms with Gasteiger partial charge < -0.3 is 4.90 Å². The van der Waals surface area contributed by atoms with Gasteiger partial charge in [0.15, 0.2) is 0 Å². The molecule has 0 aliphatic heterocycles. The molecule has 12 aromatic carbocycles. The monoisotopic (exact) mass is 941 g/mol. The molecule has 1 heteroatoms. The van der Waals surface area contributed by atoms with Crippen molar-refractivity contribution < 1.29 is 0 Å². The maximum Gasteiger partial charge on any atom is 0.0714 e. The van der Waals surface area contributed by atoms with Gasteiger partial charge in [-0.1, -0.05) is 273 Å². The molecule has 0 N–H and O–H groups in total. The lowest BCUT2D eigenvalue weighted by molar-refractivity contribution is 0.768. The third-order valence-electron chi connectivity index (χ3n) is 15.0. The number of fused-ring (bicyclic) bond motifs is 3. The van der Waals surface area contributed by atoms with E-state index in [0.29, 0.717) is 0 Å². The molecule has 0 amide bonds. The molecule has 0 unspecified atom stereocenters. The first-order valence-electron chi connectivity index (χ1n) is 25.6. The van der Waals surface area contributed by atoms with Crippen molar-refractivity contribution in [3.63, 3.8) is 0 Å². The lowest BCUT2D eigenvalue weighted by Crippen LogP contribution is -2.28. The fourth-order valence-electron chi connectivity index (χ4n) is 11.6. The van der Waals surface area contributed by atoms with Crippen molar-refractivity contribution in [3.8, 4) is 77.9 Å². The zero-order valence-electron chi connectivity index (χ0n) is 40.9. The molecule has 12 aromatic rings. The summed E-state index contributed by atoms with van der Waals surface area (Å²) < 4.78 is 0. The van der Waals surface area contributed by atoms with Gasteiger partial charge in [-0.05, 0) is 137 Å². The highest BCUT2D eigenvalue weighted by atomic mass is 15.1. The van der Waals surface area contributed by atoms with Gasteiger partial charge in [0.1, 0.15) is 0 Å². The van der Waals surface area contributed by atoms with Gasteiger partial charge in [0, 0.05) is 17.1 Å². The summed E-state index contributed by atoms with van der Waals surface area (Å²) in [6.45, 7) is 0. The molecule has 0 aromatic heterocycles. The highest BCUT2D eigenvalue weighted by Crippen LogP contribution is 2.57. The summed E-state index contributed by atoms with van der Waals surface area (Å²) in [5, 5.41) is 0. The first kappa shape index (κ1) is 44.4. The van der Waals surface area contributed by atoms with Crippen LogP contribution in [0.5, 0.6) is 0 Å². The number of hydrogen-bond donors (Lipinski definition) is 0. The first-order chi connectivity index (χ1) is 36.7. The van der Waals surface area contributed by atoms with E-state index in [1.165, 1.54) is 89.0 Å². The van der Waals surface area contributed by atoms with Crippen LogP contribution >= 0.6 is 0 Å². The lowest BCUT2D eigenvalue weighted by Gasteiger charge is -2.35. The normalized spacial score (nSPS) is 12.2. The van der Waals surface area contributed by atoms with E-state index in [4.69, 9.17) is 0 Å². The first-order valence-corrected chi connectivity index (χ1v) is 25.6. The molecule has 0 atom stereocenters. The van der Waals surface area contributed by atoms with Crippen LogP contribution in [0.15, 0.2) is 309 Å². The fraction of sp³-hybridized carbons (Fsp3) is 0.0137. The smallest absolute Gasteiger partial charge is 0.0714 e. The summed E-state index contributed by atoms with van der Waals surface area (Å²) in [4.78, 5) is 2.45. The van der Waals surface area contributed by atoms with Crippen LogP contribution in [0.3, 0.4) is 0 Å². The molecule has 1 aliphatic rings. The summed E-state index contributed by atoms with van der Waals surface area (Å²) in [5.41, 5.74) is 24.4. The summed E-state index contributed by atoms with van der Waals surface area (Å²) in [6, 6.07) is 113. The van der Waals surface area contributed by atoms with Gasteiger partial charge in [0.2, 0.25) is 0 Å². The van der Waals surface area contributed by atoms with Crippen LogP contribution in [0.25, 0.3) is 77.9 Å². The Morgan fingerprint density at radius 3 is 1.18 bits per heavy atom. The Morgan fingerprint density at radius 1 is 0.203 bits per heavy atom. The van der Waals surface area contributed by atoms with Crippen LogP contribution in [0.4, 0.5) is 17.1 Å². The molecule has 0 saturated heterocycles. The highest BCUT2D eigenvalue weighted by Gasteiger charge is 2.46. The zero-order chi connectivity index (χ0) is 49.3. The van der Waals surface area contributed by atoms with E-state index in [1.807, 2.05) is 0 Å². The second-order valence-electron chi connectivity index (χ2n) is 19.1. The van der Waals surface area contributed by atoms with E-state index in [9.17, 15) is 0 Å². The molecule has 1 nitrogen and oxygen atoms in total. The Balaban J connectivity index is 1.01. The van der Waals surface area contributed by atoms with E-state index in [2.05, 4.69) is 314 Å². The molecule has 0 spiro atoms. The Kier molecular flexibility index (Phi) is 11.5. The number of nitrogens with zero attached hydrogens (tertiary/aromatic N) is 1. The standard InChI is InChI=1S/C73H51N/c1-6-22-52(23-7-1)53-40-42-54(43-41-53)55-44-46-61(47-45-55)74(63-48-49-68-67-35-18-19-39-70(67)73(71(68)51-63,59-29-12-4-13-30-59)60-31-14-5-15-32-60)62-33-20-28-58(50-62)66-38-21-37-65(57-26-10-3-11-27-57)72(66)69-36-17-16-34-64(69)56-24-8-2-9-25-56/h1-51H. The number of hydrogen-bond acceptors (Lipinski definition) is 1. The minimum atomic E-state index is -0.549. The molecule has 1 aliphatic carbocycles. The van der Waals surface area contributed by atoms with Crippen LogP contribution in [-0.2, 0) is 5.41 Å². The molecule has 0 radical (unpaired) electrons. The fourth-order valence-corrected chi connectivity index (χ4v) is 11.6. The lowest BCUT2D eigenvalue weighted by atomic mass is 9.67. The van der Waals surface area contributed by atoms with Gasteiger partial charge in [-0.2, -0.15) is 0 Å². The van der Waals surface area contributed by atoms with E-state index in [1.54, 1.807) is 0 Å². The van der Waals surface area contributed by atoms with Crippen molar-refractivity contribution in [3.05, 3.63) is 332 Å². The van der Waals surface area contributed by atoms with Crippen LogP contribution in [0.1, 0.15) is 22.3 Å². The topological polar surface area (TPSA) is 3.24 Å². The van der Waals surface area contributed by atoms with Gasteiger partial charge in [-0.15, -0.1) is 0 Å². The van der Waals surface area contributed by atoms with Crippen molar-refractivity contribution in [2.45, 2.75) is 5.41 Å². The Hall–Kier alpha value is -9.56. The van der Waals surface area contributed by atoms with E-state index < -0.39 is 5.41 Å². The predicted molar refractivity (Wildman–Crippen MR) is 311 cm³/mol. The number of benzene rings is 12. The van der Waals surface area contributed by atoms with Crippen LogP contribution in [-0.4, -0.2) is 0 Å². The van der Waals surface area contributed by atoms with Gasteiger partial charge in [-0.25, -0.2) is 0 Å². The van der Waals surface area contributed by atoms with Crippen molar-refractivity contribution in [2.24, 2.45) is 0 Å². The summed E-state index contributed by atoms with van der Waals surface area (Å²) in [5.74, 6) is 0. The quantitative estimate of drug-likeness (QED) is 0.125. The average Bonchev–Trinajstić information content (AvgIpc) is 3.87. The highest BCUT2D eigenvalue weighted by molar-refractivity contribution is 6.00. The molecule has 74 heavy (non-hydrogen) atoms. The second kappa shape index (κ2) is 19.2. The SMILES string of the molecule is c1ccc(-c2ccc(-c3ccc(N(c4cccc(-c5cccc(-c6ccccc6)c5-c5ccccc5-c5ccccc5)c4)c4ccc5c(c4)C(c4ccccc4)(c4ccccc4)c4ccccc4-5)cc3)cc2)cc1. The van der Waals surface area contributed by atoms with Gasteiger partial charge in [0.05, 0.1) is 5.41 Å². The molecule has 13 rings (SSSR count). The largest absolute Gasteiger partial charge is 0.310 e. The van der Waals surface area contributed by atoms with E-state index in [0.717, 1.165) is 28.2 Å². The molecule has 0 bridgehead atoms. The zero-order valence-corrected chi connectivity index (χ0v) is 40.9. The molecular formula is C73H51N. The van der Waals surface area contributed by atoms with Crippen molar-refractivity contribution in [1.29, 1.82) is 0 Å². The van der Waals surface area contributed by atoms with Crippen LogP contribution in [0, 0.1) is 0 Å².